The van der Waals surface area contributed by atoms with Crippen molar-refractivity contribution in [3.05, 3.63) is 21.9 Å². The molecule has 0 bridgehead atoms. The normalized spacial score (nSPS) is 12.5. The highest BCUT2D eigenvalue weighted by molar-refractivity contribution is 7.12. The summed E-state index contributed by atoms with van der Waals surface area (Å²) in [5.41, 5.74) is 1.09. The van der Waals surface area contributed by atoms with Crippen LogP contribution in [0.1, 0.15) is 35.5 Å². The molecule has 0 aliphatic carbocycles. The van der Waals surface area contributed by atoms with Crippen molar-refractivity contribution in [3.8, 4) is 0 Å². The Balaban J connectivity index is 2.61. The standard InChI is InChI=1S/C11H17NO2S/c1-3-9-5-7-15-10(9)11(14)12-8(2)4-6-13/h5,7-8,13H,3-4,6H2,1-2H3,(H,12,14). The summed E-state index contributed by atoms with van der Waals surface area (Å²) in [6.45, 7) is 4.04. The first-order chi connectivity index (χ1) is 7.19. The summed E-state index contributed by atoms with van der Waals surface area (Å²) in [7, 11) is 0. The number of thiophene rings is 1. The summed E-state index contributed by atoms with van der Waals surface area (Å²) >= 11 is 1.47. The van der Waals surface area contributed by atoms with E-state index in [-0.39, 0.29) is 18.6 Å². The second-order valence-electron chi connectivity index (χ2n) is 3.52. The maximum Gasteiger partial charge on any atom is 0.261 e. The number of aliphatic hydroxyl groups is 1. The minimum Gasteiger partial charge on any atom is -0.396 e. The Morgan fingerprint density at radius 1 is 1.67 bits per heavy atom. The van der Waals surface area contributed by atoms with E-state index >= 15 is 0 Å². The Morgan fingerprint density at radius 2 is 2.40 bits per heavy atom. The molecular weight excluding hydrogens is 210 g/mol. The summed E-state index contributed by atoms with van der Waals surface area (Å²) in [6, 6.07) is 2.00. The van der Waals surface area contributed by atoms with Gasteiger partial charge in [-0.05, 0) is 36.8 Å². The van der Waals surface area contributed by atoms with Gasteiger partial charge in [0.15, 0.2) is 0 Å². The Hall–Kier alpha value is -0.870. The lowest BCUT2D eigenvalue weighted by Gasteiger charge is -2.12. The van der Waals surface area contributed by atoms with Crippen molar-refractivity contribution in [2.24, 2.45) is 0 Å². The molecule has 84 valence electrons. The average molecular weight is 227 g/mol. The van der Waals surface area contributed by atoms with E-state index in [1.807, 2.05) is 25.3 Å². The van der Waals surface area contributed by atoms with E-state index in [9.17, 15) is 4.79 Å². The summed E-state index contributed by atoms with van der Waals surface area (Å²) in [4.78, 5) is 12.6. The molecule has 1 aromatic heterocycles. The van der Waals surface area contributed by atoms with E-state index in [0.717, 1.165) is 16.9 Å². The van der Waals surface area contributed by atoms with E-state index < -0.39 is 0 Å². The summed E-state index contributed by atoms with van der Waals surface area (Å²) in [5, 5.41) is 13.5. The Kier molecular flexibility index (Phi) is 4.78. The number of carbonyl (C=O) groups excluding carboxylic acids is 1. The first kappa shape index (κ1) is 12.2. The Labute approximate surface area is 94.1 Å². The minimum atomic E-state index is -0.0252. The van der Waals surface area contributed by atoms with E-state index in [1.165, 1.54) is 11.3 Å². The van der Waals surface area contributed by atoms with Crippen LogP contribution >= 0.6 is 11.3 Å². The first-order valence-electron chi connectivity index (χ1n) is 5.17. The van der Waals surface area contributed by atoms with Crippen molar-refractivity contribution in [2.45, 2.75) is 32.7 Å². The van der Waals surface area contributed by atoms with Gasteiger partial charge in [0.25, 0.3) is 5.91 Å². The van der Waals surface area contributed by atoms with Crippen molar-refractivity contribution in [2.75, 3.05) is 6.61 Å². The SMILES string of the molecule is CCc1ccsc1C(=O)NC(C)CCO. The molecule has 0 aromatic carbocycles. The lowest BCUT2D eigenvalue weighted by atomic mass is 10.2. The van der Waals surface area contributed by atoms with E-state index in [4.69, 9.17) is 5.11 Å². The van der Waals surface area contributed by atoms with Crippen molar-refractivity contribution >= 4 is 17.2 Å². The van der Waals surface area contributed by atoms with Gasteiger partial charge in [-0.25, -0.2) is 0 Å². The van der Waals surface area contributed by atoms with Crippen LogP contribution < -0.4 is 5.32 Å². The number of aryl methyl sites for hydroxylation is 1. The lowest BCUT2D eigenvalue weighted by molar-refractivity contribution is 0.0937. The zero-order valence-corrected chi connectivity index (χ0v) is 9.93. The van der Waals surface area contributed by atoms with Crippen LogP contribution in [0.4, 0.5) is 0 Å². The van der Waals surface area contributed by atoms with Gasteiger partial charge in [0, 0.05) is 12.6 Å². The van der Waals surface area contributed by atoms with Crippen LogP contribution in [-0.2, 0) is 6.42 Å². The number of hydrogen-bond acceptors (Lipinski definition) is 3. The zero-order valence-electron chi connectivity index (χ0n) is 9.12. The molecule has 15 heavy (non-hydrogen) atoms. The topological polar surface area (TPSA) is 49.3 Å². The number of hydrogen-bond donors (Lipinski definition) is 2. The summed E-state index contributed by atoms with van der Waals surface area (Å²) in [5.74, 6) is -0.0252. The van der Waals surface area contributed by atoms with Gasteiger partial charge in [0.2, 0.25) is 0 Å². The zero-order chi connectivity index (χ0) is 11.3. The Morgan fingerprint density at radius 3 is 3.00 bits per heavy atom. The van der Waals surface area contributed by atoms with Crippen LogP contribution in [0.5, 0.6) is 0 Å². The number of aliphatic hydroxyl groups excluding tert-OH is 1. The molecule has 4 heteroatoms. The molecule has 0 aliphatic rings. The molecule has 1 amide bonds. The highest BCUT2D eigenvalue weighted by Gasteiger charge is 2.13. The number of nitrogens with one attached hydrogen (secondary N) is 1. The monoisotopic (exact) mass is 227 g/mol. The molecule has 0 saturated heterocycles. The number of amides is 1. The van der Waals surface area contributed by atoms with Crippen LogP contribution in [0.25, 0.3) is 0 Å². The van der Waals surface area contributed by atoms with Crippen LogP contribution in [0, 0.1) is 0 Å². The first-order valence-corrected chi connectivity index (χ1v) is 6.05. The van der Waals surface area contributed by atoms with Gasteiger partial charge in [-0.1, -0.05) is 6.92 Å². The van der Waals surface area contributed by atoms with Gasteiger partial charge in [-0.3, -0.25) is 4.79 Å². The second-order valence-corrected chi connectivity index (χ2v) is 4.43. The van der Waals surface area contributed by atoms with Gasteiger partial charge in [-0.2, -0.15) is 0 Å². The number of rotatable bonds is 5. The lowest BCUT2D eigenvalue weighted by Crippen LogP contribution is -2.33. The predicted octanol–water partition coefficient (Wildman–Crippen LogP) is 1.81. The molecule has 0 radical (unpaired) electrons. The second kappa shape index (κ2) is 5.88. The van der Waals surface area contributed by atoms with E-state index in [1.54, 1.807) is 0 Å². The predicted molar refractivity (Wildman–Crippen MR) is 62.3 cm³/mol. The molecule has 1 atom stereocenters. The van der Waals surface area contributed by atoms with Gasteiger partial charge < -0.3 is 10.4 Å². The molecule has 0 saturated carbocycles. The summed E-state index contributed by atoms with van der Waals surface area (Å²) < 4.78 is 0. The largest absolute Gasteiger partial charge is 0.396 e. The van der Waals surface area contributed by atoms with Gasteiger partial charge in [-0.15, -0.1) is 11.3 Å². The third-order valence-corrected chi connectivity index (χ3v) is 3.23. The number of carbonyl (C=O) groups is 1. The molecule has 1 aromatic rings. The molecule has 1 rings (SSSR count). The maximum absolute atomic E-state index is 11.8. The van der Waals surface area contributed by atoms with Crippen molar-refractivity contribution in [1.82, 2.24) is 5.32 Å². The van der Waals surface area contributed by atoms with Crippen molar-refractivity contribution in [3.63, 3.8) is 0 Å². The third kappa shape index (κ3) is 3.32. The van der Waals surface area contributed by atoms with E-state index in [2.05, 4.69) is 5.32 Å². The molecule has 1 unspecified atom stereocenters. The van der Waals surface area contributed by atoms with E-state index in [0.29, 0.717) is 6.42 Å². The van der Waals surface area contributed by atoms with Crippen LogP contribution in [0.3, 0.4) is 0 Å². The summed E-state index contributed by atoms with van der Waals surface area (Å²) in [6.07, 6.45) is 1.47. The van der Waals surface area contributed by atoms with Crippen molar-refractivity contribution < 1.29 is 9.90 Å². The fourth-order valence-corrected chi connectivity index (χ4v) is 2.27. The van der Waals surface area contributed by atoms with Crippen LogP contribution in [0.2, 0.25) is 0 Å². The fourth-order valence-electron chi connectivity index (χ4n) is 1.37. The molecule has 2 N–H and O–H groups in total. The maximum atomic E-state index is 11.8. The highest BCUT2D eigenvalue weighted by Crippen LogP contribution is 2.17. The van der Waals surface area contributed by atoms with Crippen molar-refractivity contribution in [1.29, 1.82) is 0 Å². The van der Waals surface area contributed by atoms with Gasteiger partial charge in [0.1, 0.15) is 0 Å². The molecule has 0 aliphatic heterocycles. The van der Waals surface area contributed by atoms with Gasteiger partial charge in [0.05, 0.1) is 4.88 Å². The highest BCUT2D eigenvalue weighted by atomic mass is 32.1. The third-order valence-electron chi connectivity index (χ3n) is 2.27. The molecule has 0 spiro atoms. The minimum absolute atomic E-state index is 0.0225. The molecule has 3 nitrogen and oxygen atoms in total. The fraction of sp³-hybridized carbons (Fsp3) is 0.545. The average Bonchev–Trinajstić information content (AvgIpc) is 2.65. The molecule has 1 heterocycles. The molecular formula is C11H17NO2S. The Bertz CT molecular complexity index is 322. The van der Waals surface area contributed by atoms with Crippen LogP contribution in [0.15, 0.2) is 11.4 Å². The quantitative estimate of drug-likeness (QED) is 0.806. The van der Waals surface area contributed by atoms with Gasteiger partial charge >= 0.3 is 0 Å². The van der Waals surface area contributed by atoms with Crippen LogP contribution in [-0.4, -0.2) is 23.7 Å². The molecule has 0 fully saturated rings. The smallest absolute Gasteiger partial charge is 0.261 e.